The Balaban J connectivity index is 4.16. The van der Waals surface area contributed by atoms with Crippen LogP contribution in [0.25, 0.3) is 0 Å². The molecule has 4 N–H and O–H groups in total. The maximum atomic E-state index is 12.3. The van der Waals surface area contributed by atoms with Crippen molar-refractivity contribution in [2.45, 2.75) is 6.18 Å². The molecular weight excluding hydrogens is 215 g/mol. The number of rotatable bonds is 6. The third-order valence-electron chi connectivity index (χ3n) is 1.70. The van der Waals surface area contributed by atoms with Crippen LogP contribution in [0.4, 0.5) is 13.2 Å². The van der Waals surface area contributed by atoms with Crippen LogP contribution in [0.5, 0.6) is 0 Å². The Morgan fingerprint density at radius 1 is 1.60 bits per heavy atom. The van der Waals surface area contributed by atoms with Gasteiger partial charge in [-0.2, -0.15) is 13.2 Å². The molecule has 90 valence electrons. The average Bonchev–Trinajstić information content (AvgIpc) is 2.15. The van der Waals surface area contributed by atoms with Gasteiger partial charge in [0.25, 0.3) is 0 Å². The van der Waals surface area contributed by atoms with Crippen LogP contribution in [0.15, 0.2) is 5.16 Å². The summed E-state index contributed by atoms with van der Waals surface area (Å²) in [5.74, 6) is -2.84. The molecule has 0 aromatic rings. The van der Waals surface area contributed by atoms with E-state index in [-0.39, 0.29) is 6.54 Å². The van der Waals surface area contributed by atoms with Gasteiger partial charge in [-0.05, 0) is 0 Å². The van der Waals surface area contributed by atoms with Crippen molar-refractivity contribution < 1.29 is 23.1 Å². The van der Waals surface area contributed by atoms with Crippen molar-refractivity contribution in [1.82, 2.24) is 5.32 Å². The Morgan fingerprint density at radius 2 is 2.20 bits per heavy atom. The van der Waals surface area contributed by atoms with E-state index in [9.17, 15) is 13.2 Å². The van der Waals surface area contributed by atoms with Gasteiger partial charge in [0.15, 0.2) is 5.84 Å². The van der Waals surface area contributed by atoms with E-state index in [1.807, 2.05) is 0 Å². The quantitative estimate of drug-likeness (QED) is 0.199. The van der Waals surface area contributed by atoms with E-state index in [1.54, 1.807) is 0 Å². The van der Waals surface area contributed by atoms with Gasteiger partial charge in [-0.3, -0.25) is 0 Å². The third-order valence-corrected chi connectivity index (χ3v) is 1.70. The molecule has 0 rings (SSSR count). The average molecular weight is 229 g/mol. The second-order valence-electron chi connectivity index (χ2n) is 2.82. The number of nitrogens with two attached hydrogens (primary N) is 1. The van der Waals surface area contributed by atoms with Crippen LogP contribution in [0.3, 0.4) is 0 Å². The molecule has 0 heterocycles. The first-order valence-corrected chi connectivity index (χ1v) is 4.17. The number of hydrogen-bond donors (Lipinski definition) is 3. The fraction of sp³-hybridized carbons (Fsp3) is 0.857. The second kappa shape index (κ2) is 6.46. The smallest absolute Gasteiger partial charge is 0.400 e. The zero-order valence-corrected chi connectivity index (χ0v) is 8.21. The summed E-state index contributed by atoms with van der Waals surface area (Å²) < 4.78 is 41.6. The molecule has 0 saturated heterocycles. The Labute approximate surface area is 85.1 Å². The lowest BCUT2D eigenvalue weighted by Gasteiger charge is -2.19. The van der Waals surface area contributed by atoms with Gasteiger partial charge >= 0.3 is 6.18 Å². The van der Waals surface area contributed by atoms with Crippen LogP contribution in [-0.2, 0) is 4.74 Å². The Hall–Kier alpha value is -1.02. The van der Waals surface area contributed by atoms with Crippen molar-refractivity contribution in [2.24, 2.45) is 16.8 Å². The molecular formula is C7H14F3N3O2. The van der Waals surface area contributed by atoms with Gasteiger partial charge < -0.3 is 21.0 Å². The van der Waals surface area contributed by atoms with Gasteiger partial charge in [0, 0.05) is 20.2 Å². The zero-order chi connectivity index (χ0) is 11.9. The van der Waals surface area contributed by atoms with Crippen molar-refractivity contribution in [2.75, 3.05) is 26.8 Å². The summed E-state index contributed by atoms with van der Waals surface area (Å²) in [6, 6.07) is 0. The van der Waals surface area contributed by atoms with Crippen LogP contribution in [0.1, 0.15) is 0 Å². The molecule has 8 heteroatoms. The van der Waals surface area contributed by atoms with Crippen LogP contribution in [-0.4, -0.2) is 44.0 Å². The van der Waals surface area contributed by atoms with Gasteiger partial charge in [-0.15, -0.1) is 0 Å². The molecule has 0 aromatic carbocycles. The molecule has 0 aliphatic rings. The SMILES string of the molecule is COCCNCC(C(N)=NO)C(F)(F)F. The fourth-order valence-corrected chi connectivity index (χ4v) is 0.878. The number of amidine groups is 1. The van der Waals surface area contributed by atoms with E-state index in [1.165, 1.54) is 7.11 Å². The van der Waals surface area contributed by atoms with Gasteiger partial charge in [-0.1, -0.05) is 5.16 Å². The number of alkyl halides is 3. The highest BCUT2D eigenvalue weighted by molar-refractivity contribution is 5.83. The summed E-state index contributed by atoms with van der Waals surface area (Å²) >= 11 is 0. The zero-order valence-electron chi connectivity index (χ0n) is 8.21. The number of hydrogen-bond acceptors (Lipinski definition) is 4. The van der Waals surface area contributed by atoms with Crippen LogP contribution in [0, 0.1) is 5.92 Å². The predicted molar refractivity (Wildman–Crippen MR) is 47.7 cm³/mol. The highest BCUT2D eigenvalue weighted by Crippen LogP contribution is 2.25. The van der Waals surface area contributed by atoms with Crippen LogP contribution in [0.2, 0.25) is 0 Å². The standard InChI is InChI=1S/C7H14F3N3O2/c1-15-3-2-12-4-5(6(11)13-14)7(8,9)10/h5,12,14H,2-4H2,1H3,(H2,11,13). The van der Waals surface area contributed by atoms with E-state index >= 15 is 0 Å². The molecule has 0 radical (unpaired) electrons. The number of ether oxygens (including phenoxy) is 1. The highest BCUT2D eigenvalue weighted by Gasteiger charge is 2.42. The summed E-state index contributed by atoms with van der Waals surface area (Å²) in [4.78, 5) is 0. The Morgan fingerprint density at radius 3 is 2.60 bits per heavy atom. The van der Waals surface area contributed by atoms with Gasteiger partial charge in [0.1, 0.15) is 5.92 Å². The van der Waals surface area contributed by atoms with E-state index in [4.69, 9.17) is 10.9 Å². The minimum atomic E-state index is -4.53. The first-order valence-electron chi connectivity index (χ1n) is 4.17. The van der Waals surface area contributed by atoms with Crippen molar-refractivity contribution in [1.29, 1.82) is 0 Å². The van der Waals surface area contributed by atoms with Gasteiger partial charge in [-0.25, -0.2) is 0 Å². The number of halogens is 3. The van der Waals surface area contributed by atoms with Crippen molar-refractivity contribution in [3.05, 3.63) is 0 Å². The summed E-state index contributed by atoms with van der Waals surface area (Å²) in [7, 11) is 1.44. The topological polar surface area (TPSA) is 79.9 Å². The van der Waals surface area contributed by atoms with E-state index in [0.29, 0.717) is 6.61 Å². The lowest BCUT2D eigenvalue weighted by atomic mass is 10.1. The van der Waals surface area contributed by atoms with Crippen molar-refractivity contribution in [3.63, 3.8) is 0 Å². The molecule has 15 heavy (non-hydrogen) atoms. The largest absolute Gasteiger partial charge is 0.409 e. The lowest BCUT2D eigenvalue weighted by molar-refractivity contribution is -0.154. The monoisotopic (exact) mass is 229 g/mol. The summed E-state index contributed by atoms with van der Waals surface area (Å²) in [6.07, 6.45) is -4.53. The molecule has 0 aliphatic carbocycles. The second-order valence-corrected chi connectivity index (χ2v) is 2.82. The Bertz CT molecular complexity index is 208. The maximum Gasteiger partial charge on any atom is 0.400 e. The molecule has 0 fully saturated rings. The molecule has 1 atom stereocenters. The molecule has 0 aromatic heterocycles. The normalized spacial score (nSPS) is 15.3. The highest BCUT2D eigenvalue weighted by atomic mass is 19.4. The summed E-state index contributed by atoms with van der Waals surface area (Å²) in [5.41, 5.74) is 4.93. The lowest BCUT2D eigenvalue weighted by Crippen LogP contribution is -2.43. The van der Waals surface area contributed by atoms with E-state index in [0.717, 1.165) is 0 Å². The van der Waals surface area contributed by atoms with Crippen LogP contribution >= 0.6 is 0 Å². The minimum Gasteiger partial charge on any atom is -0.409 e. The molecule has 0 bridgehead atoms. The molecule has 0 saturated carbocycles. The molecule has 0 amide bonds. The van der Waals surface area contributed by atoms with Crippen LogP contribution < -0.4 is 11.1 Å². The molecule has 5 nitrogen and oxygen atoms in total. The third kappa shape index (κ3) is 5.43. The molecule has 1 unspecified atom stereocenters. The van der Waals surface area contributed by atoms with Gasteiger partial charge in [0.2, 0.25) is 0 Å². The summed E-state index contributed by atoms with van der Waals surface area (Å²) in [5, 5.41) is 13.0. The summed E-state index contributed by atoms with van der Waals surface area (Å²) in [6.45, 7) is 0.116. The first kappa shape index (κ1) is 14.0. The first-order chi connectivity index (χ1) is 6.93. The maximum absolute atomic E-state index is 12.3. The fourth-order valence-electron chi connectivity index (χ4n) is 0.878. The van der Waals surface area contributed by atoms with Crippen molar-refractivity contribution >= 4 is 5.84 Å². The number of nitrogens with zero attached hydrogens (tertiary/aromatic N) is 1. The predicted octanol–water partition coefficient (Wildman–Crippen LogP) is 0.147. The molecule has 0 spiro atoms. The number of nitrogens with one attached hydrogen (secondary N) is 1. The Kier molecular flexibility index (Phi) is 6.02. The minimum absolute atomic E-state index is 0.266. The van der Waals surface area contributed by atoms with E-state index in [2.05, 4.69) is 15.2 Å². The molecule has 0 aliphatic heterocycles. The van der Waals surface area contributed by atoms with Gasteiger partial charge in [0.05, 0.1) is 6.61 Å². The van der Waals surface area contributed by atoms with Crippen molar-refractivity contribution in [3.8, 4) is 0 Å². The van der Waals surface area contributed by atoms with E-state index < -0.39 is 24.5 Å². The number of oxime groups is 1. The number of methoxy groups -OCH3 is 1.